The van der Waals surface area contributed by atoms with E-state index in [1.54, 1.807) is 26.0 Å². The Morgan fingerprint density at radius 3 is 2.39 bits per heavy atom. The third-order valence-electron chi connectivity index (χ3n) is 5.34. The van der Waals surface area contributed by atoms with Crippen LogP contribution < -0.4 is 0 Å². The molecule has 1 aliphatic heterocycles. The topological polar surface area (TPSA) is 83.5 Å². The van der Waals surface area contributed by atoms with Crippen LogP contribution in [0.3, 0.4) is 0 Å². The molecule has 162 valence electrons. The van der Waals surface area contributed by atoms with Crippen LogP contribution in [0, 0.1) is 19.7 Å². The predicted octanol–water partition coefficient (Wildman–Crippen LogP) is 3.19. The van der Waals surface area contributed by atoms with Crippen molar-refractivity contribution in [1.29, 1.82) is 0 Å². The zero-order valence-electron chi connectivity index (χ0n) is 17.0. The summed E-state index contributed by atoms with van der Waals surface area (Å²) >= 11 is 5.93. The van der Waals surface area contributed by atoms with Crippen molar-refractivity contribution in [3.8, 4) is 0 Å². The highest BCUT2D eigenvalue weighted by atomic mass is 35.5. The Labute approximate surface area is 184 Å². The summed E-state index contributed by atoms with van der Waals surface area (Å²) in [6.07, 6.45) is 0. The standard InChI is InChI=1S/C21H20ClFN4O3S/c1-13-14(2)25-20-18(11-16(23)12-19(20)24-13)21(28)26-6-8-27(9-7-26)31(29,30)17-5-3-4-15(22)10-17/h3-5,10-12H,6-9H2,1-2H3. The van der Waals surface area contributed by atoms with Gasteiger partial charge in [-0.3, -0.25) is 4.79 Å². The number of amides is 1. The molecule has 7 nitrogen and oxygen atoms in total. The second kappa shape index (κ2) is 8.14. The molecule has 0 saturated carbocycles. The van der Waals surface area contributed by atoms with Crippen LogP contribution in [0.5, 0.6) is 0 Å². The Kier molecular flexibility index (Phi) is 5.67. The van der Waals surface area contributed by atoms with Crippen LogP contribution in [0.15, 0.2) is 41.3 Å². The minimum Gasteiger partial charge on any atom is -0.336 e. The van der Waals surface area contributed by atoms with Crippen LogP contribution >= 0.6 is 11.6 Å². The predicted molar refractivity (Wildman–Crippen MR) is 115 cm³/mol. The summed E-state index contributed by atoms with van der Waals surface area (Å²) in [7, 11) is -3.72. The third-order valence-corrected chi connectivity index (χ3v) is 7.47. The van der Waals surface area contributed by atoms with Crippen LogP contribution in [0.1, 0.15) is 21.7 Å². The Balaban J connectivity index is 1.57. The van der Waals surface area contributed by atoms with Gasteiger partial charge in [0, 0.05) is 37.3 Å². The number of aryl methyl sites for hydroxylation is 2. The molecule has 0 radical (unpaired) electrons. The van der Waals surface area contributed by atoms with E-state index in [9.17, 15) is 17.6 Å². The molecular formula is C21H20ClFN4O3S. The number of aromatic nitrogens is 2. The third kappa shape index (κ3) is 4.13. The molecule has 1 aliphatic rings. The number of carbonyl (C=O) groups is 1. The molecule has 31 heavy (non-hydrogen) atoms. The van der Waals surface area contributed by atoms with E-state index in [-0.39, 0.29) is 36.6 Å². The summed E-state index contributed by atoms with van der Waals surface area (Å²) in [6.45, 7) is 4.14. The molecule has 1 saturated heterocycles. The Morgan fingerprint density at radius 2 is 1.71 bits per heavy atom. The number of benzene rings is 2. The Bertz CT molecular complexity index is 1290. The maximum absolute atomic E-state index is 14.2. The van der Waals surface area contributed by atoms with E-state index in [4.69, 9.17) is 11.6 Å². The lowest BCUT2D eigenvalue weighted by Gasteiger charge is -2.34. The second-order valence-corrected chi connectivity index (χ2v) is 9.74. The summed E-state index contributed by atoms with van der Waals surface area (Å²) < 4.78 is 41.2. The van der Waals surface area contributed by atoms with Gasteiger partial charge in [-0.1, -0.05) is 17.7 Å². The number of fused-ring (bicyclic) bond motifs is 1. The van der Waals surface area contributed by atoms with Gasteiger partial charge in [-0.05, 0) is 38.1 Å². The van der Waals surface area contributed by atoms with Crippen molar-refractivity contribution in [3.63, 3.8) is 0 Å². The normalized spacial score (nSPS) is 15.4. The monoisotopic (exact) mass is 462 g/mol. The van der Waals surface area contributed by atoms with E-state index in [2.05, 4.69) is 9.97 Å². The summed E-state index contributed by atoms with van der Waals surface area (Å²) in [5, 5.41) is 0.333. The molecule has 0 N–H and O–H groups in total. The molecule has 0 atom stereocenters. The summed E-state index contributed by atoms with van der Waals surface area (Å²) in [5.74, 6) is -0.975. The highest BCUT2D eigenvalue weighted by Crippen LogP contribution is 2.24. The molecule has 3 aromatic rings. The van der Waals surface area contributed by atoms with Gasteiger partial charge in [0.15, 0.2) is 0 Å². The van der Waals surface area contributed by atoms with Crippen molar-refractivity contribution in [3.05, 3.63) is 64.2 Å². The number of rotatable bonds is 3. The molecule has 4 rings (SSSR count). The average molecular weight is 463 g/mol. The number of nitrogens with zero attached hydrogens (tertiary/aromatic N) is 4. The van der Waals surface area contributed by atoms with Crippen LogP contribution in [0.2, 0.25) is 5.02 Å². The highest BCUT2D eigenvalue weighted by Gasteiger charge is 2.31. The molecule has 0 unspecified atom stereocenters. The van der Waals surface area contributed by atoms with E-state index in [1.807, 2.05) is 0 Å². The number of piperazine rings is 1. The fourth-order valence-electron chi connectivity index (χ4n) is 3.54. The summed E-state index contributed by atoms with van der Waals surface area (Å²) in [4.78, 5) is 23.5. The maximum atomic E-state index is 14.2. The summed E-state index contributed by atoms with van der Waals surface area (Å²) in [5.41, 5.74) is 2.09. The lowest BCUT2D eigenvalue weighted by Crippen LogP contribution is -2.50. The lowest BCUT2D eigenvalue weighted by atomic mass is 10.1. The largest absolute Gasteiger partial charge is 0.336 e. The Morgan fingerprint density at radius 1 is 1.03 bits per heavy atom. The molecule has 1 amide bonds. The molecule has 1 aromatic heterocycles. The zero-order chi connectivity index (χ0) is 22.3. The fraction of sp³-hybridized carbons (Fsp3) is 0.286. The van der Waals surface area contributed by atoms with Crippen LogP contribution in [-0.2, 0) is 10.0 Å². The number of carbonyl (C=O) groups excluding carboxylic acids is 1. The van der Waals surface area contributed by atoms with Gasteiger partial charge in [0.2, 0.25) is 10.0 Å². The lowest BCUT2D eigenvalue weighted by molar-refractivity contribution is 0.0699. The quantitative estimate of drug-likeness (QED) is 0.597. The first-order valence-electron chi connectivity index (χ1n) is 9.66. The second-order valence-electron chi connectivity index (χ2n) is 7.37. The minimum absolute atomic E-state index is 0.108. The van der Waals surface area contributed by atoms with E-state index in [0.29, 0.717) is 27.4 Å². The number of sulfonamides is 1. The molecule has 10 heteroatoms. The van der Waals surface area contributed by atoms with Crippen molar-refractivity contribution < 1.29 is 17.6 Å². The summed E-state index contributed by atoms with van der Waals surface area (Å²) in [6, 6.07) is 8.47. The van der Waals surface area contributed by atoms with Crippen molar-refractivity contribution in [2.75, 3.05) is 26.2 Å². The molecule has 0 aliphatic carbocycles. The van der Waals surface area contributed by atoms with E-state index >= 15 is 0 Å². The molecule has 0 spiro atoms. The van der Waals surface area contributed by atoms with Gasteiger partial charge in [0.1, 0.15) is 11.3 Å². The molecule has 1 fully saturated rings. The smallest absolute Gasteiger partial charge is 0.256 e. The highest BCUT2D eigenvalue weighted by molar-refractivity contribution is 7.89. The van der Waals surface area contributed by atoms with Gasteiger partial charge < -0.3 is 4.90 Å². The first kappa shape index (κ1) is 21.6. The molecule has 2 heterocycles. The van der Waals surface area contributed by atoms with E-state index in [1.165, 1.54) is 27.4 Å². The van der Waals surface area contributed by atoms with Gasteiger partial charge in [0.05, 0.1) is 27.4 Å². The van der Waals surface area contributed by atoms with Crippen molar-refractivity contribution in [1.82, 2.24) is 19.2 Å². The first-order chi connectivity index (χ1) is 14.7. The zero-order valence-corrected chi connectivity index (χ0v) is 18.5. The SMILES string of the molecule is Cc1nc2cc(F)cc(C(=O)N3CCN(S(=O)(=O)c4cccc(Cl)c4)CC3)c2nc1C. The Hall–Kier alpha value is -2.62. The number of hydrogen-bond donors (Lipinski definition) is 0. The van der Waals surface area contributed by atoms with Crippen LogP contribution in [-0.4, -0.2) is 59.7 Å². The maximum Gasteiger partial charge on any atom is 0.256 e. The van der Waals surface area contributed by atoms with Crippen molar-refractivity contribution in [2.24, 2.45) is 0 Å². The van der Waals surface area contributed by atoms with Gasteiger partial charge in [-0.2, -0.15) is 4.31 Å². The van der Waals surface area contributed by atoms with E-state index < -0.39 is 21.7 Å². The molecular weight excluding hydrogens is 443 g/mol. The van der Waals surface area contributed by atoms with Crippen molar-refractivity contribution in [2.45, 2.75) is 18.7 Å². The van der Waals surface area contributed by atoms with Gasteiger partial charge >= 0.3 is 0 Å². The van der Waals surface area contributed by atoms with E-state index in [0.717, 1.165) is 6.07 Å². The van der Waals surface area contributed by atoms with Gasteiger partial charge in [-0.15, -0.1) is 0 Å². The number of halogens is 2. The molecule has 0 bridgehead atoms. The number of hydrogen-bond acceptors (Lipinski definition) is 5. The fourth-order valence-corrected chi connectivity index (χ4v) is 5.26. The minimum atomic E-state index is -3.72. The van der Waals surface area contributed by atoms with Crippen LogP contribution in [0.25, 0.3) is 11.0 Å². The first-order valence-corrected chi connectivity index (χ1v) is 11.5. The van der Waals surface area contributed by atoms with Gasteiger partial charge in [-0.25, -0.2) is 22.8 Å². The molecule has 2 aromatic carbocycles. The van der Waals surface area contributed by atoms with Gasteiger partial charge in [0.25, 0.3) is 5.91 Å². The van der Waals surface area contributed by atoms with Crippen molar-refractivity contribution >= 4 is 38.6 Å². The van der Waals surface area contributed by atoms with Crippen LogP contribution in [0.4, 0.5) is 4.39 Å². The average Bonchev–Trinajstić information content (AvgIpc) is 2.74.